The molecule has 3 nitrogen and oxygen atoms in total. The molecule has 3 saturated carbocycles. The zero-order valence-electron chi connectivity index (χ0n) is 19.7. The van der Waals surface area contributed by atoms with E-state index in [0.29, 0.717) is 28.6 Å². The lowest BCUT2D eigenvalue weighted by Gasteiger charge is -2.63. The maximum Gasteiger partial charge on any atom is 0.157 e. The van der Waals surface area contributed by atoms with Crippen LogP contribution < -0.4 is 0 Å². The first-order valence-corrected chi connectivity index (χ1v) is 12.7. The first-order valence-electron chi connectivity index (χ1n) is 12.7. The molecule has 4 aliphatic carbocycles. The van der Waals surface area contributed by atoms with Crippen LogP contribution in [0.2, 0.25) is 0 Å². The molecule has 3 heteroatoms. The summed E-state index contributed by atoms with van der Waals surface area (Å²) in [6.45, 7) is 10.3. The second kappa shape index (κ2) is 7.44. The molecule has 1 heterocycles. The topological polar surface area (TPSA) is 35.5 Å². The quantitative estimate of drug-likeness (QED) is 0.497. The van der Waals surface area contributed by atoms with Gasteiger partial charge in [0.05, 0.1) is 6.10 Å². The molecule has 0 aromatic rings. The van der Waals surface area contributed by atoms with E-state index < -0.39 is 0 Å². The number of Topliss-reactive ketones (excluding diaryl/α,β-unsaturated/α-hetero) is 1. The zero-order valence-corrected chi connectivity index (χ0v) is 19.7. The average Bonchev–Trinajstić information content (AvgIpc) is 3.08. The van der Waals surface area contributed by atoms with E-state index in [4.69, 9.17) is 9.47 Å². The molecule has 0 spiro atoms. The number of allylic oxidation sites excluding steroid dienone is 1. The van der Waals surface area contributed by atoms with Crippen LogP contribution in [-0.2, 0) is 14.3 Å². The fraction of sp³-hybridized carbons (Fsp3) is 0.889. The Labute approximate surface area is 183 Å². The van der Waals surface area contributed by atoms with E-state index in [1.54, 1.807) is 5.57 Å². The average molecular weight is 415 g/mol. The Morgan fingerprint density at radius 3 is 2.57 bits per heavy atom. The van der Waals surface area contributed by atoms with Crippen LogP contribution >= 0.6 is 0 Å². The molecule has 0 amide bonds. The number of fused-ring (bicyclic) bond motifs is 5. The predicted octanol–water partition coefficient (Wildman–Crippen LogP) is 6.46. The molecular weight excluding hydrogens is 372 g/mol. The summed E-state index contributed by atoms with van der Waals surface area (Å²) >= 11 is 0. The summed E-state index contributed by atoms with van der Waals surface area (Å²) in [5, 5.41) is 0. The Morgan fingerprint density at radius 1 is 1.00 bits per heavy atom. The first-order chi connectivity index (χ1) is 14.3. The summed E-state index contributed by atoms with van der Waals surface area (Å²) in [6.07, 6.45) is 16.0. The van der Waals surface area contributed by atoms with Crippen molar-refractivity contribution in [2.75, 3.05) is 6.61 Å². The molecule has 0 radical (unpaired) electrons. The Kier molecular flexibility index (Phi) is 5.26. The van der Waals surface area contributed by atoms with Crippen molar-refractivity contribution in [3.8, 4) is 0 Å². The van der Waals surface area contributed by atoms with E-state index in [-0.39, 0.29) is 17.6 Å². The molecule has 168 valence electrons. The molecule has 5 aliphatic rings. The van der Waals surface area contributed by atoms with E-state index in [1.807, 2.05) is 6.92 Å². The van der Waals surface area contributed by atoms with Gasteiger partial charge >= 0.3 is 0 Å². The van der Waals surface area contributed by atoms with Crippen LogP contribution in [0.25, 0.3) is 0 Å². The van der Waals surface area contributed by atoms with E-state index in [2.05, 4.69) is 26.8 Å². The van der Waals surface area contributed by atoms with Crippen molar-refractivity contribution in [2.45, 2.75) is 111 Å². The van der Waals surface area contributed by atoms with Crippen molar-refractivity contribution in [2.24, 2.45) is 34.0 Å². The Bertz CT molecular complexity index is 722. The summed E-state index contributed by atoms with van der Waals surface area (Å²) in [4.78, 5) is 12.4. The third-order valence-corrected chi connectivity index (χ3v) is 10.6. The van der Waals surface area contributed by atoms with E-state index >= 15 is 0 Å². The molecule has 0 bridgehead atoms. The molecule has 1 saturated heterocycles. The maximum absolute atomic E-state index is 12.4. The third kappa shape index (κ3) is 3.09. The standard InChI is InChI=1S/C27H42O3/c1-18(28)21-8-9-22-26(21,3)15-12-23-25(2)14-11-20(30-24-7-5-6-16-29-24)17-19(25)10-13-27(22,23)4/h10,20-24H,5-9,11-17H2,1-4H3/t20-,21?,22?,23?,24?,25-,26+,27?/m0/s1. The minimum Gasteiger partial charge on any atom is -0.353 e. The molecule has 5 unspecified atom stereocenters. The predicted molar refractivity (Wildman–Crippen MR) is 119 cm³/mol. The van der Waals surface area contributed by atoms with Gasteiger partial charge in [0.25, 0.3) is 0 Å². The summed E-state index contributed by atoms with van der Waals surface area (Å²) in [7, 11) is 0. The highest BCUT2D eigenvalue weighted by atomic mass is 16.7. The minimum absolute atomic E-state index is 0.0277. The fourth-order valence-electron chi connectivity index (χ4n) is 9.10. The lowest BCUT2D eigenvalue weighted by atomic mass is 9.41. The van der Waals surface area contributed by atoms with Crippen LogP contribution in [0.4, 0.5) is 0 Å². The lowest BCUT2D eigenvalue weighted by molar-refractivity contribution is -0.197. The van der Waals surface area contributed by atoms with Crippen molar-refractivity contribution in [1.82, 2.24) is 0 Å². The van der Waals surface area contributed by atoms with Crippen LogP contribution in [0.15, 0.2) is 11.6 Å². The SMILES string of the molecule is CC(=O)C1CCC2C3(C)CC=C4C[C@@H](OC5CCCCO5)CC[C@]4(C)C3CC[C@]12C. The molecule has 0 aromatic heterocycles. The molecule has 0 aromatic carbocycles. The second-order valence-electron chi connectivity index (χ2n) is 12.0. The molecule has 8 atom stereocenters. The van der Waals surface area contributed by atoms with Crippen molar-refractivity contribution < 1.29 is 14.3 Å². The highest BCUT2D eigenvalue weighted by Crippen LogP contribution is 2.71. The summed E-state index contributed by atoms with van der Waals surface area (Å²) in [6, 6.07) is 0. The monoisotopic (exact) mass is 414 g/mol. The summed E-state index contributed by atoms with van der Waals surface area (Å²) in [5.74, 6) is 2.17. The zero-order chi connectivity index (χ0) is 21.1. The molecule has 4 fully saturated rings. The lowest BCUT2D eigenvalue weighted by Crippen LogP contribution is -2.56. The van der Waals surface area contributed by atoms with E-state index in [0.717, 1.165) is 38.2 Å². The largest absolute Gasteiger partial charge is 0.353 e. The van der Waals surface area contributed by atoms with Gasteiger partial charge in [0.2, 0.25) is 0 Å². The Morgan fingerprint density at radius 2 is 1.83 bits per heavy atom. The van der Waals surface area contributed by atoms with Gasteiger partial charge < -0.3 is 9.47 Å². The van der Waals surface area contributed by atoms with Gasteiger partial charge in [0.1, 0.15) is 5.78 Å². The maximum atomic E-state index is 12.4. The minimum atomic E-state index is 0.0277. The summed E-state index contributed by atoms with van der Waals surface area (Å²) < 4.78 is 12.3. The number of hydrogen-bond acceptors (Lipinski definition) is 3. The van der Waals surface area contributed by atoms with E-state index in [9.17, 15) is 4.79 Å². The van der Waals surface area contributed by atoms with Crippen molar-refractivity contribution in [1.29, 1.82) is 0 Å². The number of ether oxygens (including phenoxy) is 2. The van der Waals surface area contributed by atoms with Crippen molar-refractivity contribution in [3.63, 3.8) is 0 Å². The molecule has 1 aliphatic heterocycles. The van der Waals surface area contributed by atoms with Crippen LogP contribution in [0.3, 0.4) is 0 Å². The summed E-state index contributed by atoms with van der Waals surface area (Å²) in [5.41, 5.74) is 2.55. The number of carbonyl (C=O) groups is 1. The Hall–Kier alpha value is -0.670. The highest BCUT2D eigenvalue weighted by Gasteiger charge is 2.64. The van der Waals surface area contributed by atoms with Gasteiger partial charge in [-0.2, -0.15) is 0 Å². The number of ketones is 1. The molecule has 0 N–H and O–H groups in total. The van der Waals surface area contributed by atoms with Gasteiger partial charge in [-0.25, -0.2) is 0 Å². The number of carbonyl (C=O) groups excluding carboxylic acids is 1. The highest BCUT2D eigenvalue weighted by molar-refractivity contribution is 5.79. The van der Waals surface area contributed by atoms with Crippen LogP contribution in [0.1, 0.15) is 98.3 Å². The molecule has 30 heavy (non-hydrogen) atoms. The second-order valence-corrected chi connectivity index (χ2v) is 12.0. The van der Waals surface area contributed by atoms with Gasteiger partial charge in [-0.1, -0.05) is 32.4 Å². The van der Waals surface area contributed by atoms with Crippen molar-refractivity contribution in [3.05, 3.63) is 11.6 Å². The smallest absolute Gasteiger partial charge is 0.157 e. The first kappa shape index (κ1) is 21.2. The van der Waals surface area contributed by atoms with Gasteiger partial charge in [0, 0.05) is 12.5 Å². The van der Waals surface area contributed by atoms with Gasteiger partial charge in [-0.3, -0.25) is 4.79 Å². The normalized spacial score (nSPS) is 50.8. The van der Waals surface area contributed by atoms with Gasteiger partial charge in [-0.05, 0) is 106 Å². The number of rotatable bonds is 3. The molecular formula is C27H42O3. The Balaban J connectivity index is 1.36. The van der Waals surface area contributed by atoms with Gasteiger partial charge in [-0.15, -0.1) is 0 Å². The van der Waals surface area contributed by atoms with Crippen LogP contribution in [0.5, 0.6) is 0 Å². The molecule has 5 rings (SSSR count). The van der Waals surface area contributed by atoms with Crippen LogP contribution in [-0.4, -0.2) is 24.8 Å². The van der Waals surface area contributed by atoms with Crippen molar-refractivity contribution >= 4 is 5.78 Å². The third-order valence-electron chi connectivity index (χ3n) is 10.6. The van der Waals surface area contributed by atoms with Crippen LogP contribution in [0, 0.1) is 34.0 Å². The fourth-order valence-corrected chi connectivity index (χ4v) is 9.10. The number of hydrogen-bond donors (Lipinski definition) is 0. The van der Waals surface area contributed by atoms with E-state index in [1.165, 1.54) is 44.9 Å². The van der Waals surface area contributed by atoms with Gasteiger partial charge in [0.15, 0.2) is 6.29 Å².